The first-order chi connectivity index (χ1) is 6.31. The van der Waals surface area contributed by atoms with Crippen LogP contribution in [0.1, 0.15) is 18.1 Å². The molecular weight excluding hydrogens is 166 g/mol. The first-order valence-corrected chi connectivity index (χ1v) is 4.26. The van der Waals surface area contributed by atoms with E-state index in [1.807, 2.05) is 18.2 Å². The highest BCUT2D eigenvalue weighted by Gasteiger charge is 2.12. The average molecular weight is 177 g/mol. The molecule has 0 atom stereocenters. The van der Waals surface area contributed by atoms with Gasteiger partial charge in [-0.1, -0.05) is 5.16 Å². The van der Waals surface area contributed by atoms with Crippen LogP contribution in [0.5, 0.6) is 5.75 Å². The largest absolute Gasteiger partial charge is 0.493 e. The van der Waals surface area contributed by atoms with Gasteiger partial charge in [-0.25, -0.2) is 0 Å². The summed E-state index contributed by atoms with van der Waals surface area (Å²) in [6.07, 6.45) is 0.946. The topological polar surface area (TPSA) is 41.8 Å². The Hall–Kier alpha value is -1.51. The molecule has 1 aromatic rings. The van der Waals surface area contributed by atoms with Gasteiger partial charge >= 0.3 is 0 Å². The molecule has 0 amide bonds. The fourth-order valence-electron chi connectivity index (χ4n) is 1.47. The van der Waals surface area contributed by atoms with Crippen molar-refractivity contribution in [1.82, 2.24) is 0 Å². The van der Waals surface area contributed by atoms with E-state index in [4.69, 9.17) is 9.94 Å². The summed E-state index contributed by atoms with van der Waals surface area (Å²) in [5, 5.41) is 11.8. The Morgan fingerprint density at radius 3 is 3.15 bits per heavy atom. The van der Waals surface area contributed by atoms with Gasteiger partial charge in [0.1, 0.15) is 5.75 Å². The minimum absolute atomic E-state index is 0.634. The number of ether oxygens (including phenoxy) is 1. The third-order valence-corrected chi connectivity index (χ3v) is 2.26. The van der Waals surface area contributed by atoms with Crippen LogP contribution in [0.3, 0.4) is 0 Å². The smallest absolute Gasteiger partial charge is 0.122 e. The lowest BCUT2D eigenvalue weighted by Gasteiger charge is -2.01. The molecule has 0 spiro atoms. The van der Waals surface area contributed by atoms with E-state index in [0.29, 0.717) is 5.71 Å². The van der Waals surface area contributed by atoms with Crippen LogP contribution >= 0.6 is 0 Å². The zero-order chi connectivity index (χ0) is 9.26. The van der Waals surface area contributed by atoms with Gasteiger partial charge in [0, 0.05) is 6.42 Å². The zero-order valence-corrected chi connectivity index (χ0v) is 7.45. The van der Waals surface area contributed by atoms with Gasteiger partial charge in [0.15, 0.2) is 0 Å². The Bertz CT molecular complexity index is 358. The Morgan fingerprint density at radius 2 is 2.38 bits per heavy atom. The average Bonchev–Trinajstić information content (AvgIpc) is 2.63. The second-order valence-electron chi connectivity index (χ2n) is 3.11. The number of nitrogens with zero attached hydrogens (tertiary/aromatic N) is 1. The van der Waals surface area contributed by atoms with E-state index in [0.717, 1.165) is 24.3 Å². The Kier molecular flexibility index (Phi) is 1.93. The molecule has 1 aliphatic rings. The molecule has 0 saturated carbocycles. The van der Waals surface area contributed by atoms with Crippen molar-refractivity contribution >= 4 is 5.71 Å². The van der Waals surface area contributed by atoms with E-state index >= 15 is 0 Å². The Morgan fingerprint density at radius 1 is 1.54 bits per heavy atom. The quantitative estimate of drug-likeness (QED) is 0.404. The maximum atomic E-state index is 8.59. The molecule has 3 nitrogen and oxygen atoms in total. The molecule has 1 heterocycles. The van der Waals surface area contributed by atoms with Gasteiger partial charge in [0.25, 0.3) is 0 Å². The SMILES string of the molecule is C/C(=N/O)c1ccc2c(c1)CCO2. The maximum absolute atomic E-state index is 8.59. The van der Waals surface area contributed by atoms with Gasteiger partial charge in [-0.2, -0.15) is 0 Å². The van der Waals surface area contributed by atoms with Gasteiger partial charge in [-0.15, -0.1) is 0 Å². The molecule has 1 aromatic carbocycles. The number of hydrogen-bond acceptors (Lipinski definition) is 3. The molecule has 0 aromatic heterocycles. The summed E-state index contributed by atoms with van der Waals surface area (Å²) in [6.45, 7) is 2.53. The summed E-state index contributed by atoms with van der Waals surface area (Å²) in [5.41, 5.74) is 2.78. The maximum Gasteiger partial charge on any atom is 0.122 e. The molecule has 68 valence electrons. The van der Waals surface area contributed by atoms with Gasteiger partial charge in [0.2, 0.25) is 0 Å². The number of hydrogen-bond donors (Lipinski definition) is 1. The summed E-state index contributed by atoms with van der Waals surface area (Å²) < 4.78 is 5.36. The predicted octanol–water partition coefficient (Wildman–Crippen LogP) is 1.82. The number of rotatable bonds is 1. The van der Waals surface area contributed by atoms with E-state index in [1.54, 1.807) is 6.92 Å². The van der Waals surface area contributed by atoms with Gasteiger partial charge in [0.05, 0.1) is 12.3 Å². The van der Waals surface area contributed by atoms with E-state index in [1.165, 1.54) is 5.56 Å². The second kappa shape index (κ2) is 3.09. The van der Waals surface area contributed by atoms with Gasteiger partial charge in [-0.05, 0) is 36.2 Å². The highest BCUT2D eigenvalue weighted by molar-refractivity contribution is 5.98. The van der Waals surface area contributed by atoms with Crippen molar-refractivity contribution in [3.8, 4) is 5.75 Å². The molecule has 0 radical (unpaired) electrons. The molecule has 0 bridgehead atoms. The summed E-state index contributed by atoms with van der Waals surface area (Å²) in [6, 6.07) is 5.84. The van der Waals surface area contributed by atoms with Crippen LogP contribution in [0, 0.1) is 0 Å². The summed E-state index contributed by atoms with van der Waals surface area (Å²) in [4.78, 5) is 0. The molecule has 0 unspecified atom stereocenters. The van der Waals surface area contributed by atoms with Crippen molar-refractivity contribution < 1.29 is 9.94 Å². The van der Waals surface area contributed by atoms with E-state index < -0.39 is 0 Å². The molecule has 13 heavy (non-hydrogen) atoms. The summed E-state index contributed by atoms with van der Waals surface area (Å²) >= 11 is 0. The second-order valence-corrected chi connectivity index (χ2v) is 3.11. The molecule has 0 saturated heterocycles. The number of fused-ring (bicyclic) bond motifs is 1. The first kappa shape index (κ1) is 8.10. The van der Waals surface area contributed by atoms with Crippen LogP contribution in [0.4, 0.5) is 0 Å². The first-order valence-electron chi connectivity index (χ1n) is 4.26. The third kappa shape index (κ3) is 1.37. The highest BCUT2D eigenvalue weighted by Crippen LogP contribution is 2.25. The van der Waals surface area contributed by atoms with Crippen molar-refractivity contribution in [2.24, 2.45) is 5.16 Å². The van der Waals surface area contributed by atoms with E-state index in [-0.39, 0.29) is 0 Å². The Labute approximate surface area is 76.6 Å². The van der Waals surface area contributed by atoms with Crippen LogP contribution < -0.4 is 4.74 Å². The minimum Gasteiger partial charge on any atom is -0.493 e. The third-order valence-electron chi connectivity index (χ3n) is 2.26. The highest BCUT2D eigenvalue weighted by atomic mass is 16.5. The van der Waals surface area contributed by atoms with Gasteiger partial charge < -0.3 is 9.94 Å². The van der Waals surface area contributed by atoms with Crippen molar-refractivity contribution in [2.75, 3.05) is 6.61 Å². The molecule has 3 heteroatoms. The molecule has 1 N–H and O–H groups in total. The molecular formula is C10H11NO2. The van der Waals surface area contributed by atoms with Crippen LogP contribution in [0.25, 0.3) is 0 Å². The fourth-order valence-corrected chi connectivity index (χ4v) is 1.47. The summed E-state index contributed by atoms with van der Waals surface area (Å²) in [5.74, 6) is 0.953. The van der Waals surface area contributed by atoms with Crippen LogP contribution in [-0.2, 0) is 6.42 Å². The fraction of sp³-hybridized carbons (Fsp3) is 0.300. The lowest BCUT2D eigenvalue weighted by Crippen LogP contribution is -1.94. The van der Waals surface area contributed by atoms with Crippen molar-refractivity contribution in [3.63, 3.8) is 0 Å². The molecule has 0 aliphatic carbocycles. The van der Waals surface area contributed by atoms with Crippen LogP contribution in [-0.4, -0.2) is 17.5 Å². The monoisotopic (exact) mass is 177 g/mol. The van der Waals surface area contributed by atoms with Crippen molar-refractivity contribution in [2.45, 2.75) is 13.3 Å². The molecule has 0 fully saturated rings. The normalized spacial score (nSPS) is 15.3. The van der Waals surface area contributed by atoms with E-state index in [2.05, 4.69) is 5.16 Å². The summed E-state index contributed by atoms with van der Waals surface area (Å²) in [7, 11) is 0. The van der Waals surface area contributed by atoms with Crippen LogP contribution in [0.2, 0.25) is 0 Å². The predicted molar refractivity (Wildman–Crippen MR) is 49.6 cm³/mol. The minimum atomic E-state index is 0.634. The van der Waals surface area contributed by atoms with Crippen molar-refractivity contribution in [1.29, 1.82) is 0 Å². The van der Waals surface area contributed by atoms with Crippen molar-refractivity contribution in [3.05, 3.63) is 29.3 Å². The standard InChI is InChI=1S/C10H11NO2/c1-7(11-12)8-2-3-10-9(6-8)4-5-13-10/h2-3,6,12H,4-5H2,1H3/b11-7-. The van der Waals surface area contributed by atoms with Crippen LogP contribution in [0.15, 0.2) is 23.4 Å². The van der Waals surface area contributed by atoms with Gasteiger partial charge in [-0.3, -0.25) is 0 Å². The number of oxime groups is 1. The zero-order valence-electron chi connectivity index (χ0n) is 7.45. The molecule has 2 rings (SSSR count). The lowest BCUT2D eigenvalue weighted by molar-refractivity contribution is 0.319. The molecule has 1 aliphatic heterocycles. The Balaban J connectivity index is 2.41. The lowest BCUT2D eigenvalue weighted by atomic mass is 10.1. The number of benzene rings is 1. The van der Waals surface area contributed by atoms with E-state index in [9.17, 15) is 0 Å².